The van der Waals surface area contributed by atoms with Crippen molar-refractivity contribution in [1.29, 1.82) is 0 Å². The number of benzene rings is 1. The molecule has 0 aliphatic carbocycles. The van der Waals surface area contributed by atoms with E-state index in [9.17, 15) is 5.11 Å². The summed E-state index contributed by atoms with van der Waals surface area (Å²) in [7, 11) is 0. The molecule has 0 amide bonds. The van der Waals surface area contributed by atoms with Crippen LogP contribution >= 0.6 is 0 Å². The number of phenolic OH excluding ortho intramolecular Hbond substituents is 1. The van der Waals surface area contributed by atoms with E-state index in [2.05, 4.69) is 13.8 Å². The monoisotopic (exact) mass is 204 g/mol. The van der Waals surface area contributed by atoms with E-state index in [1.54, 1.807) is 6.07 Å². The summed E-state index contributed by atoms with van der Waals surface area (Å²) >= 11 is 0. The summed E-state index contributed by atoms with van der Waals surface area (Å²) in [5.41, 5.74) is 1.91. The first-order valence-corrected chi connectivity index (χ1v) is 5.22. The molecule has 0 bridgehead atoms. The normalized spacial score (nSPS) is 22.1. The molecule has 2 nitrogen and oxygen atoms in total. The van der Waals surface area contributed by atoms with Crippen molar-refractivity contribution in [2.24, 2.45) is 0 Å². The van der Waals surface area contributed by atoms with E-state index in [-0.39, 0.29) is 5.60 Å². The molecule has 15 heavy (non-hydrogen) atoms. The lowest BCUT2D eigenvalue weighted by Gasteiger charge is -2.19. The number of hydrogen-bond acceptors (Lipinski definition) is 2. The second-order valence-electron chi connectivity index (χ2n) is 4.34. The Morgan fingerprint density at radius 2 is 2.07 bits per heavy atom. The molecule has 1 fully saturated rings. The van der Waals surface area contributed by atoms with E-state index in [1.165, 1.54) is 5.57 Å². The third kappa shape index (κ3) is 2.05. The van der Waals surface area contributed by atoms with Crippen LogP contribution in [-0.4, -0.2) is 17.3 Å². The maximum Gasteiger partial charge on any atom is 0.122 e. The Bertz CT molecular complexity index is 391. The number of rotatable bonds is 1. The standard InChI is InChI=1S/C13H16O2/c1-13(2)11(7-8-15-13)9-10-5-3-4-6-12(10)14/h3-6,9,14H,7-8H2,1-2H3/b11-9-. The molecule has 0 unspecified atom stereocenters. The van der Waals surface area contributed by atoms with Gasteiger partial charge in [0.2, 0.25) is 0 Å². The highest BCUT2D eigenvalue weighted by atomic mass is 16.5. The molecule has 1 aliphatic heterocycles. The minimum atomic E-state index is -0.192. The van der Waals surface area contributed by atoms with Crippen LogP contribution < -0.4 is 0 Å². The highest BCUT2D eigenvalue weighted by Crippen LogP contribution is 2.33. The van der Waals surface area contributed by atoms with Crippen molar-refractivity contribution in [3.63, 3.8) is 0 Å². The third-order valence-corrected chi connectivity index (χ3v) is 2.87. The molecular weight excluding hydrogens is 188 g/mol. The van der Waals surface area contributed by atoms with Crippen molar-refractivity contribution < 1.29 is 9.84 Å². The Morgan fingerprint density at radius 3 is 2.67 bits per heavy atom. The molecular formula is C13H16O2. The number of hydrogen-bond donors (Lipinski definition) is 1. The summed E-state index contributed by atoms with van der Waals surface area (Å²) in [6.07, 6.45) is 2.98. The first-order valence-electron chi connectivity index (χ1n) is 5.22. The summed E-state index contributed by atoms with van der Waals surface area (Å²) in [4.78, 5) is 0. The summed E-state index contributed by atoms with van der Waals surface area (Å²) in [6, 6.07) is 7.37. The number of aromatic hydroxyl groups is 1. The fourth-order valence-electron chi connectivity index (χ4n) is 1.85. The molecule has 1 heterocycles. The molecule has 0 saturated carbocycles. The van der Waals surface area contributed by atoms with Crippen LogP contribution in [-0.2, 0) is 4.74 Å². The first-order chi connectivity index (χ1) is 7.09. The van der Waals surface area contributed by atoms with Gasteiger partial charge in [0.1, 0.15) is 5.75 Å². The van der Waals surface area contributed by atoms with Crippen molar-refractivity contribution in [3.05, 3.63) is 35.4 Å². The minimum absolute atomic E-state index is 0.192. The quantitative estimate of drug-likeness (QED) is 0.762. The second-order valence-corrected chi connectivity index (χ2v) is 4.34. The van der Waals surface area contributed by atoms with Crippen LogP contribution in [0.25, 0.3) is 6.08 Å². The molecule has 1 saturated heterocycles. The molecule has 1 aromatic rings. The summed E-state index contributed by atoms with van der Waals surface area (Å²) in [6.45, 7) is 4.89. The van der Waals surface area contributed by atoms with Gasteiger partial charge in [0.05, 0.1) is 12.2 Å². The Morgan fingerprint density at radius 1 is 1.33 bits per heavy atom. The lowest BCUT2D eigenvalue weighted by Crippen LogP contribution is -2.19. The molecule has 2 heteroatoms. The average molecular weight is 204 g/mol. The van der Waals surface area contributed by atoms with Gasteiger partial charge in [0, 0.05) is 5.56 Å². The Balaban J connectivity index is 2.35. The first kappa shape index (κ1) is 10.2. The highest BCUT2D eigenvalue weighted by molar-refractivity contribution is 5.61. The maximum atomic E-state index is 9.66. The maximum absolute atomic E-state index is 9.66. The van der Waals surface area contributed by atoms with E-state index in [1.807, 2.05) is 24.3 Å². The molecule has 0 radical (unpaired) electrons. The van der Waals surface area contributed by atoms with Crippen molar-refractivity contribution in [2.75, 3.05) is 6.61 Å². The van der Waals surface area contributed by atoms with Crippen molar-refractivity contribution >= 4 is 6.08 Å². The Labute approximate surface area is 90.2 Å². The average Bonchev–Trinajstić information content (AvgIpc) is 2.50. The molecule has 80 valence electrons. The van der Waals surface area contributed by atoms with Crippen LogP contribution in [0.5, 0.6) is 5.75 Å². The third-order valence-electron chi connectivity index (χ3n) is 2.87. The Kier molecular flexibility index (Phi) is 2.53. The molecule has 0 aromatic heterocycles. The molecule has 1 N–H and O–H groups in total. The molecule has 1 aromatic carbocycles. The van der Waals surface area contributed by atoms with Crippen molar-refractivity contribution in [2.45, 2.75) is 25.9 Å². The number of para-hydroxylation sites is 1. The molecule has 1 aliphatic rings. The fourth-order valence-corrected chi connectivity index (χ4v) is 1.85. The van der Waals surface area contributed by atoms with Crippen molar-refractivity contribution in [1.82, 2.24) is 0 Å². The molecule has 0 spiro atoms. The number of ether oxygens (including phenoxy) is 1. The van der Waals surface area contributed by atoms with Crippen LogP contribution in [0, 0.1) is 0 Å². The predicted octanol–water partition coefficient (Wildman–Crippen LogP) is 2.97. The molecule has 2 rings (SSSR count). The van der Waals surface area contributed by atoms with Crippen LogP contribution in [0.3, 0.4) is 0 Å². The predicted molar refractivity (Wildman–Crippen MR) is 60.7 cm³/mol. The van der Waals surface area contributed by atoms with E-state index in [4.69, 9.17) is 4.74 Å². The lowest BCUT2D eigenvalue weighted by atomic mass is 9.95. The number of phenols is 1. The lowest BCUT2D eigenvalue weighted by molar-refractivity contribution is 0.0556. The van der Waals surface area contributed by atoms with Gasteiger partial charge in [0.25, 0.3) is 0 Å². The van der Waals surface area contributed by atoms with Crippen LogP contribution in [0.1, 0.15) is 25.8 Å². The smallest absolute Gasteiger partial charge is 0.122 e. The zero-order valence-corrected chi connectivity index (χ0v) is 9.16. The van der Waals surface area contributed by atoms with E-state index in [0.717, 1.165) is 18.6 Å². The van der Waals surface area contributed by atoms with Crippen LogP contribution in [0.15, 0.2) is 29.8 Å². The van der Waals surface area contributed by atoms with Crippen molar-refractivity contribution in [3.8, 4) is 5.75 Å². The van der Waals surface area contributed by atoms with Gasteiger partial charge < -0.3 is 9.84 Å². The zero-order valence-electron chi connectivity index (χ0n) is 9.16. The second kappa shape index (κ2) is 3.70. The SMILES string of the molecule is CC1(C)OCC/C1=C/c1ccccc1O. The summed E-state index contributed by atoms with van der Waals surface area (Å²) in [5.74, 6) is 0.327. The molecule has 0 atom stereocenters. The van der Waals surface area contributed by atoms with Gasteiger partial charge in [-0.3, -0.25) is 0 Å². The van der Waals surface area contributed by atoms with Crippen LogP contribution in [0.4, 0.5) is 0 Å². The fraction of sp³-hybridized carbons (Fsp3) is 0.385. The van der Waals surface area contributed by atoms with Crippen LogP contribution in [0.2, 0.25) is 0 Å². The largest absolute Gasteiger partial charge is 0.507 e. The minimum Gasteiger partial charge on any atom is -0.507 e. The van der Waals surface area contributed by atoms with Gasteiger partial charge in [-0.15, -0.1) is 0 Å². The van der Waals surface area contributed by atoms with E-state index < -0.39 is 0 Å². The van der Waals surface area contributed by atoms with Gasteiger partial charge in [0.15, 0.2) is 0 Å². The Hall–Kier alpha value is -1.28. The summed E-state index contributed by atoms with van der Waals surface area (Å²) in [5, 5.41) is 9.66. The van der Waals surface area contributed by atoms with Gasteiger partial charge in [-0.2, -0.15) is 0 Å². The topological polar surface area (TPSA) is 29.5 Å². The van der Waals surface area contributed by atoms with E-state index in [0.29, 0.717) is 5.75 Å². The summed E-state index contributed by atoms with van der Waals surface area (Å²) < 4.78 is 5.62. The van der Waals surface area contributed by atoms with Gasteiger partial charge in [-0.05, 0) is 38.0 Å². The van der Waals surface area contributed by atoms with Gasteiger partial charge >= 0.3 is 0 Å². The van der Waals surface area contributed by atoms with Gasteiger partial charge in [-0.1, -0.05) is 18.2 Å². The van der Waals surface area contributed by atoms with Gasteiger partial charge in [-0.25, -0.2) is 0 Å². The highest BCUT2D eigenvalue weighted by Gasteiger charge is 2.29. The zero-order chi connectivity index (χ0) is 10.9. The van der Waals surface area contributed by atoms with E-state index >= 15 is 0 Å².